The molecular weight excluding hydrogens is 351 g/mol. The fourth-order valence-corrected chi connectivity index (χ4v) is 3.05. The fraction of sp³-hybridized carbons (Fsp3) is 0.750. The van der Waals surface area contributed by atoms with Gasteiger partial charge in [-0.25, -0.2) is 0 Å². The Kier molecular flexibility index (Phi) is 9.88. The molecule has 1 saturated heterocycles. The van der Waals surface area contributed by atoms with Gasteiger partial charge in [-0.2, -0.15) is 5.10 Å². The van der Waals surface area contributed by atoms with Crippen molar-refractivity contribution in [3.8, 4) is 0 Å². The summed E-state index contributed by atoms with van der Waals surface area (Å²) in [4.78, 5) is 14.8. The van der Waals surface area contributed by atoms with E-state index in [1.54, 1.807) is 0 Å². The van der Waals surface area contributed by atoms with Crippen molar-refractivity contribution >= 4 is 30.7 Å². The molecule has 1 aromatic rings. The molecule has 140 valence electrons. The molecule has 2 N–H and O–H groups in total. The number of carbonyl (C=O) groups is 1. The number of morpholine rings is 1. The van der Waals surface area contributed by atoms with Crippen LogP contribution in [0.3, 0.4) is 0 Å². The average molecular weight is 381 g/mol. The predicted octanol–water partition coefficient (Wildman–Crippen LogP) is 2.03. The molecule has 1 atom stereocenters. The Balaban J connectivity index is 0.00000264. The summed E-state index contributed by atoms with van der Waals surface area (Å²) in [7, 11) is 0. The topological polar surface area (TPSA) is 73.4 Å². The molecule has 1 aliphatic rings. The summed E-state index contributed by atoms with van der Waals surface area (Å²) in [6, 6.07) is 0. The second-order valence-electron chi connectivity index (χ2n) is 6.18. The normalized spacial score (nSPS) is 17.8. The fourth-order valence-electron chi connectivity index (χ4n) is 3.05. The molecule has 1 aromatic heterocycles. The van der Waals surface area contributed by atoms with Crippen molar-refractivity contribution < 1.29 is 9.53 Å². The molecule has 0 bridgehead atoms. The smallest absolute Gasteiger partial charge is 0.230 e. The standard InChI is InChI=1S/C16H28N4O2.2ClH/c1-4-16(5-2,12-17)15(21)19-6-7-22-14(10-19)11-20-9-13(3)8-18-20;;/h8-9,14H,4-7,10-12,17H2,1-3H3;2*1H. The first-order valence-corrected chi connectivity index (χ1v) is 8.14. The summed E-state index contributed by atoms with van der Waals surface area (Å²) in [5.41, 5.74) is 6.61. The third kappa shape index (κ3) is 5.09. The number of ether oxygens (including phenoxy) is 1. The molecule has 1 unspecified atom stereocenters. The van der Waals surface area contributed by atoms with E-state index in [4.69, 9.17) is 10.5 Å². The van der Waals surface area contributed by atoms with E-state index >= 15 is 0 Å². The van der Waals surface area contributed by atoms with Gasteiger partial charge in [-0.15, -0.1) is 24.8 Å². The number of nitrogens with zero attached hydrogens (tertiary/aromatic N) is 3. The van der Waals surface area contributed by atoms with Gasteiger partial charge in [-0.1, -0.05) is 13.8 Å². The van der Waals surface area contributed by atoms with Gasteiger partial charge in [0.05, 0.1) is 30.9 Å². The first-order valence-electron chi connectivity index (χ1n) is 8.14. The largest absolute Gasteiger partial charge is 0.373 e. The summed E-state index contributed by atoms with van der Waals surface area (Å²) in [6.07, 6.45) is 5.37. The third-order valence-electron chi connectivity index (χ3n) is 4.78. The number of aryl methyl sites for hydroxylation is 1. The number of amides is 1. The van der Waals surface area contributed by atoms with Gasteiger partial charge in [-0.05, 0) is 25.3 Å². The average Bonchev–Trinajstić information content (AvgIpc) is 2.94. The lowest BCUT2D eigenvalue weighted by atomic mass is 9.80. The molecule has 1 aliphatic heterocycles. The van der Waals surface area contributed by atoms with Crippen LogP contribution in [0, 0.1) is 12.3 Å². The monoisotopic (exact) mass is 380 g/mol. The van der Waals surface area contributed by atoms with Crippen LogP contribution in [0.2, 0.25) is 0 Å². The zero-order chi connectivity index (χ0) is 16.2. The molecule has 0 radical (unpaired) electrons. The molecule has 0 spiro atoms. The highest BCUT2D eigenvalue weighted by Gasteiger charge is 2.38. The minimum atomic E-state index is -0.426. The van der Waals surface area contributed by atoms with Crippen LogP contribution >= 0.6 is 24.8 Å². The van der Waals surface area contributed by atoms with Gasteiger partial charge in [-0.3, -0.25) is 9.48 Å². The molecule has 2 heterocycles. The quantitative estimate of drug-likeness (QED) is 0.818. The van der Waals surface area contributed by atoms with Crippen molar-refractivity contribution in [1.29, 1.82) is 0 Å². The van der Waals surface area contributed by atoms with Crippen molar-refractivity contribution in [2.24, 2.45) is 11.1 Å². The van der Waals surface area contributed by atoms with Crippen molar-refractivity contribution in [3.63, 3.8) is 0 Å². The lowest BCUT2D eigenvalue weighted by molar-refractivity contribution is -0.150. The van der Waals surface area contributed by atoms with Gasteiger partial charge in [0.1, 0.15) is 0 Å². The minimum absolute atomic E-state index is 0. The second-order valence-corrected chi connectivity index (χ2v) is 6.18. The Morgan fingerprint density at radius 2 is 2.08 bits per heavy atom. The van der Waals surface area contributed by atoms with Gasteiger partial charge >= 0.3 is 0 Å². The minimum Gasteiger partial charge on any atom is -0.373 e. The highest BCUT2D eigenvalue weighted by molar-refractivity contribution is 5.85. The molecule has 1 fully saturated rings. The molecule has 1 amide bonds. The Morgan fingerprint density at radius 1 is 1.42 bits per heavy atom. The van der Waals surface area contributed by atoms with Crippen molar-refractivity contribution in [1.82, 2.24) is 14.7 Å². The molecule has 0 aromatic carbocycles. The van der Waals surface area contributed by atoms with Gasteiger partial charge in [0.2, 0.25) is 5.91 Å². The number of carbonyl (C=O) groups excluding carboxylic acids is 1. The van der Waals surface area contributed by atoms with Crippen molar-refractivity contribution in [2.75, 3.05) is 26.2 Å². The first kappa shape index (κ1) is 23.2. The zero-order valence-corrected chi connectivity index (χ0v) is 16.4. The molecular formula is C16H30Cl2N4O2. The van der Waals surface area contributed by atoms with Crippen LogP contribution in [0.1, 0.15) is 32.3 Å². The van der Waals surface area contributed by atoms with Gasteiger partial charge < -0.3 is 15.4 Å². The van der Waals surface area contributed by atoms with Gasteiger partial charge in [0.25, 0.3) is 0 Å². The van der Waals surface area contributed by atoms with E-state index in [9.17, 15) is 4.79 Å². The Bertz CT molecular complexity index is 498. The molecule has 6 nitrogen and oxygen atoms in total. The number of halogens is 2. The van der Waals surface area contributed by atoms with E-state index < -0.39 is 5.41 Å². The van der Waals surface area contributed by atoms with Gasteiger partial charge in [0, 0.05) is 25.8 Å². The Labute approximate surface area is 156 Å². The second kappa shape index (κ2) is 10.2. The van der Waals surface area contributed by atoms with Crippen molar-refractivity contribution in [3.05, 3.63) is 18.0 Å². The SMILES string of the molecule is CCC(CC)(CN)C(=O)N1CCOC(Cn2cc(C)cn2)C1.Cl.Cl. The van der Waals surface area contributed by atoms with E-state index in [-0.39, 0.29) is 36.8 Å². The van der Waals surface area contributed by atoms with Crippen LogP contribution in [0.4, 0.5) is 0 Å². The highest BCUT2D eigenvalue weighted by Crippen LogP contribution is 2.28. The van der Waals surface area contributed by atoms with Crippen LogP contribution in [0.15, 0.2) is 12.4 Å². The van der Waals surface area contributed by atoms with Crippen LogP contribution in [0.25, 0.3) is 0 Å². The predicted molar refractivity (Wildman–Crippen MR) is 99.8 cm³/mol. The van der Waals surface area contributed by atoms with E-state index in [1.165, 1.54) is 0 Å². The third-order valence-corrected chi connectivity index (χ3v) is 4.78. The molecule has 0 aliphatic carbocycles. The summed E-state index contributed by atoms with van der Waals surface area (Å²) >= 11 is 0. The number of rotatable bonds is 6. The van der Waals surface area contributed by atoms with E-state index in [0.29, 0.717) is 32.8 Å². The Hall–Kier alpha value is -0.820. The first-order chi connectivity index (χ1) is 10.5. The molecule has 2 rings (SSSR count). The molecule has 24 heavy (non-hydrogen) atoms. The number of aromatic nitrogens is 2. The summed E-state index contributed by atoms with van der Waals surface area (Å²) < 4.78 is 7.68. The number of nitrogens with two attached hydrogens (primary N) is 1. The zero-order valence-electron chi connectivity index (χ0n) is 14.7. The van der Waals surface area contributed by atoms with E-state index in [0.717, 1.165) is 18.4 Å². The summed E-state index contributed by atoms with van der Waals surface area (Å²) in [6.45, 7) is 9.00. The maximum atomic E-state index is 12.9. The van der Waals surface area contributed by atoms with E-state index in [2.05, 4.69) is 5.10 Å². The van der Waals surface area contributed by atoms with Crippen molar-refractivity contribution in [2.45, 2.75) is 46.3 Å². The highest BCUT2D eigenvalue weighted by atomic mass is 35.5. The van der Waals surface area contributed by atoms with Crippen LogP contribution in [-0.4, -0.2) is 52.9 Å². The van der Waals surface area contributed by atoms with Crippen LogP contribution in [0.5, 0.6) is 0 Å². The Morgan fingerprint density at radius 3 is 2.58 bits per heavy atom. The maximum Gasteiger partial charge on any atom is 0.230 e. The summed E-state index contributed by atoms with van der Waals surface area (Å²) in [5.74, 6) is 0.171. The van der Waals surface area contributed by atoms with Crippen LogP contribution < -0.4 is 5.73 Å². The number of hydrogen-bond donors (Lipinski definition) is 1. The van der Waals surface area contributed by atoms with Crippen LogP contribution in [-0.2, 0) is 16.1 Å². The lowest BCUT2D eigenvalue weighted by Gasteiger charge is -2.39. The maximum absolute atomic E-state index is 12.9. The molecule has 8 heteroatoms. The molecule has 0 saturated carbocycles. The van der Waals surface area contributed by atoms with Gasteiger partial charge in [0.15, 0.2) is 0 Å². The van der Waals surface area contributed by atoms with E-state index in [1.807, 2.05) is 42.7 Å². The summed E-state index contributed by atoms with van der Waals surface area (Å²) in [5, 5.41) is 4.29. The number of hydrogen-bond acceptors (Lipinski definition) is 4. The lowest BCUT2D eigenvalue weighted by Crippen LogP contribution is -2.54.